The summed E-state index contributed by atoms with van der Waals surface area (Å²) in [5.41, 5.74) is 5.34. The topological polar surface area (TPSA) is 87.0 Å². The molecule has 4 aliphatic rings. The maximum absolute atomic E-state index is 14.6. The van der Waals surface area contributed by atoms with Crippen molar-refractivity contribution < 1.29 is 19.4 Å². The number of aliphatic hydroxyl groups is 1. The molecule has 44 heavy (non-hydrogen) atoms. The van der Waals surface area contributed by atoms with E-state index in [1.54, 1.807) is 7.11 Å². The SMILES string of the molecule is COc1ccc2c(c1)C1CC1(C(=O)N1CCC(C)(O)CC1)Cn1c-2c(C2CCCCC2)c2ccc(C(=O)NSN(C)C)cc21. The van der Waals surface area contributed by atoms with Gasteiger partial charge in [-0.3, -0.25) is 14.3 Å². The van der Waals surface area contributed by atoms with Gasteiger partial charge in [0.05, 0.1) is 23.8 Å². The first-order valence-electron chi connectivity index (χ1n) is 16.1. The first kappa shape index (κ1) is 29.7. The Balaban J connectivity index is 1.41. The van der Waals surface area contributed by atoms with E-state index in [-0.39, 0.29) is 17.7 Å². The van der Waals surface area contributed by atoms with Crippen molar-refractivity contribution in [1.82, 2.24) is 18.5 Å². The van der Waals surface area contributed by atoms with Crippen molar-refractivity contribution >= 4 is 34.9 Å². The molecule has 0 bridgehead atoms. The van der Waals surface area contributed by atoms with Gasteiger partial charge in [0.25, 0.3) is 5.91 Å². The number of methoxy groups -OCH3 is 1. The number of piperidine rings is 1. The molecule has 9 heteroatoms. The minimum absolute atomic E-state index is 0.0969. The Labute approximate surface area is 264 Å². The predicted molar refractivity (Wildman–Crippen MR) is 175 cm³/mol. The van der Waals surface area contributed by atoms with Crippen LogP contribution in [-0.4, -0.2) is 70.6 Å². The molecule has 7 rings (SSSR count). The van der Waals surface area contributed by atoms with Gasteiger partial charge in [0.2, 0.25) is 5.91 Å². The summed E-state index contributed by atoms with van der Waals surface area (Å²) in [4.78, 5) is 29.8. The normalized spacial score (nSPS) is 24.3. The molecule has 2 aliphatic heterocycles. The van der Waals surface area contributed by atoms with Gasteiger partial charge in [-0.25, -0.2) is 4.31 Å². The van der Waals surface area contributed by atoms with Gasteiger partial charge in [-0.1, -0.05) is 25.3 Å². The first-order chi connectivity index (χ1) is 21.1. The summed E-state index contributed by atoms with van der Waals surface area (Å²) in [7, 11) is 5.50. The highest BCUT2D eigenvalue weighted by molar-refractivity contribution is 7.95. The van der Waals surface area contributed by atoms with Crippen molar-refractivity contribution in [1.29, 1.82) is 0 Å². The molecular weight excluding hydrogens is 572 g/mol. The molecule has 0 radical (unpaired) electrons. The van der Waals surface area contributed by atoms with Crippen LogP contribution in [0.3, 0.4) is 0 Å². The van der Waals surface area contributed by atoms with Crippen molar-refractivity contribution in [2.75, 3.05) is 34.3 Å². The Morgan fingerprint density at radius 1 is 1.07 bits per heavy atom. The minimum atomic E-state index is -0.721. The number of hydrogen-bond acceptors (Lipinski definition) is 6. The Bertz CT molecular complexity index is 1610. The molecule has 3 aromatic rings. The molecule has 1 saturated heterocycles. The molecule has 3 fully saturated rings. The molecule has 3 heterocycles. The number of carbonyl (C=O) groups excluding carboxylic acids is 2. The van der Waals surface area contributed by atoms with Gasteiger partial charge in [0, 0.05) is 59.7 Å². The lowest BCUT2D eigenvalue weighted by atomic mass is 9.81. The van der Waals surface area contributed by atoms with E-state index in [0.717, 1.165) is 30.5 Å². The fraction of sp³-hybridized carbons (Fsp3) is 0.543. The van der Waals surface area contributed by atoms with Gasteiger partial charge in [0.1, 0.15) is 5.75 Å². The number of amides is 2. The van der Waals surface area contributed by atoms with Gasteiger partial charge in [-0.05, 0) is 100 Å². The van der Waals surface area contributed by atoms with Crippen LogP contribution in [0.1, 0.15) is 91.6 Å². The number of carbonyl (C=O) groups is 2. The predicted octanol–water partition coefficient (Wildman–Crippen LogP) is 6.08. The zero-order valence-electron chi connectivity index (χ0n) is 26.3. The lowest BCUT2D eigenvalue weighted by Crippen LogP contribution is -2.48. The molecule has 0 spiro atoms. The van der Waals surface area contributed by atoms with Crippen LogP contribution >= 0.6 is 12.1 Å². The number of hydrogen-bond donors (Lipinski definition) is 2. The highest BCUT2D eigenvalue weighted by Crippen LogP contribution is 2.66. The number of nitrogens with one attached hydrogen (secondary N) is 1. The minimum Gasteiger partial charge on any atom is -0.497 e. The average Bonchev–Trinajstić information content (AvgIpc) is 3.69. The molecular formula is C35H44N4O4S. The molecule has 2 aromatic carbocycles. The molecule has 2 N–H and O–H groups in total. The fourth-order valence-electron chi connectivity index (χ4n) is 8.12. The molecule has 234 valence electrons. The van der Waals surface area contributed by atoms with E-state index in [2.05, 4.69) is 27.5 Å². The van der Waals surface area contributed by atoms with E-state index in [0.29, 0.717) is 44.0 Å². The van der Waals surface area contributed by atoms with Crippen molar-refractivity contribution in [2.45, 2.75) is 82.3 Å². The van der Waals surface area contributed by atoms with Crippen molar-refractivity contribution in [3.05, 3.63) is 53.1 Å². The van der Waals surface area contributed by atoms with Crippen LogP contribution in [0.25, 0.3) is 22.2 Å². The van der Waals surface area contributed by atoms with Crippen LogP contribution in [0.2, 0.25) is 0 Å². The number of likely N-dealkylation sites (tertiary alicyclic amines) is 1. The Hall–Kier alpha value is -3.01. The van der Waals surface area contributed by atoms with Gasteiger partial charge in [-0.2, -0.15) is 0 Å². The summed E-state index contributed by atoms with van der Waals surface area (Å²) >= 11 is 1.27. The number of ether oxygens (including phenoxy) is 1. The van der Waals surface area contributed by atoms with E-state index in [4.69, 9.17) is 4.74 Å². The van der Waals surface area contributed by atoms with Crippen LogP contribution in [0, 0.1) is 5.41 Å². The second-order valence-electron chi connectivity index (χ2n) is 13.9. The van der Waals surface area contributed by atoms with Crippen molar-refractivity contribution in [3.8, 4) is 17.0 Å². The lowest BCUT2D eigenvalue weighted by molar-refractivity contribution is -0.141. The molecule has 8 nitrogen and oxygen atoms in total. The highest BCUT2D eigenvalue weighted by Gasteiger charge is 2.64. The Kier molecular flexibility index (Phi) is 7.49. The monoisotopic (exact) mass is 616 g/mol. The molecule has 2 atom stereocenters. The zero-order chi connectivity index (χ0) is 30.8. The second kappa shape index (κ2) is 11.1. The molecule has 2 amide bonds. The summed E-state index contributed by atoms with van der Waals surface area (Å²) in [6.45, 7) is 3.60. The highest BCUT2D eigenvalue weighted by atomic mass is 32.2. The van der Waals surface area contributed by atoms with Crippen LogP contribution in [0.4, 0.5) is 0 Å². The van der Waals surface area contributed by atoms with E-state index < -0.39 is 11.0 Å². The second-order valence-corrected chi connectivity index (χ2v) is 15.0. The van der Waals surface area contributed by atoms with Crippen molar-refractivity contribution in [3.63, 3.8) is 0 Å². The zero-order valence-corrected chi connectivity index (χ0v) is 27.1. The van der Waals surface area contributed by atoms with Crippen molar-refractivity contribution in [2.24, 2.45) is 5.41 Å². The summed E-state index contributed by atoms with van der Waals surface area (Å²) in [6.07, 6.45) is 8.00. The van der Waals surface area contributed by atoms with E-state index in [1.165, 1.54) is 59.2 Å². The average molecular weight is 617 g/mol. The Morgan fingerprint density at radius 3 is 2.52 bits per heavy atom. The molecule has 2 unspecified atom stereocenters. The van der Waals surface area contributed by atoms with E-state index >= 15 is 0 Å². The number of nitrogens with zero attached hydrogens (tertiary/aromatic N) is 3. The molecule has 1 aromatic heterocycles. The third kappa shape index (κ3) is 5.01. The van der Waals surface area contributed by atoms with E-state index in [9.17, 15) is 14.7 Å². The van der Waals surface area contributed by atoms with Gasteiger partial charge < -0.3 is 19.3 Å². The van der Waals surface area contributed by atoms with Crippen LogP contribution in [0.5, 0.6) is 5.75 Å². The number of benzene rings is 2. The maximum atomic E-state index is 14.6. The third-order valence-corrected chi connectivity index (χ3v) is 11.3. The smallest absolute Gasteiger partial charge is 0.262 e. The lowest BCUT2D eigenvalue weighted by Gasteiger charge is -2.38. The van der Waals surface area contributed by atoms with Gasteiger partial charge in [-0.15, -0.1) is 0 Å². The fourth-order valence-corrected chi connectivity index (χ4v) is 8.50. The number of aromatic nitrogens is 1. The van der Waals surface area contributed by atoms with Gasteiger partial charge >= 0.3 is 0 Å². The molecule has 2 saturated carbocycles. The summed E-state index contributed by atoms with van der Waals surface area (Å²) in [5, 5.41) is 11.8. The number of rotatable bonds is 6. The number of fused-ring (bicyclic) bond motifs is 7. The third-order valence-electron chi connectivity index (χ3n) is 10.7. The van der Waals surface area contributed by atoms with Gasteiger partial charge in [0.15, 0.2) is 0 Å². The maximum Gasteiger partial charge on any atom is 0.262 e. The molecule has 2 aliphatic carbocycles. The summed E-state index contributed by atoms with van der Waals surface area (Å²) in [5.74, 6) is 1.41. The largest absolute Gasteiger partial charge is 0.497 e. The first-order valence-corrected chi connectivity index (χ1v) is 16.9. The van der Waals surface area contributed by atoms with Crippen LogP contribution in [0.15, 0.2) is 36.4 Å². The van der Waals surface area contributed by atoms with Crippen LogP contribution < -0.4 is 9.46 Å². The Morgan fingerprint density at radius 2 is 1.82 bits per heavy atom. The summed E-state index contributed by atoms with van der Waals surface area (Å²) < 4.78 is 12.9. The van der Waals surface area contributed by atoms with E-state index in [1.807, 2.05) is 48.4 Å². The van der Waals surface area contributed by atoms with Crippen LogP contribution in [-0.2, 0) is 11.3 Å². The standard InChI is InChI=1S/C35H44N4O4S/c1-34(42)14-16-38(17-15-34)33(41)35-20-28(35)27-19-24(43-4)11-13-25(27)31-30(22-8-6-5-7-9-22)26-12-10-23(18-29(26)39(31)21-35)32(40)36-44-37(2)3/h10-13,18-19,22,28,42H,5-9,14-17,20-21H2,1-4H3,(H,36,40). The summed E-state index contributed by atoms with van der Waals surface area (Å²) in [6, 6.07) is 12.5. The quantitative estimate of drug-likeness (QED) is 0.327.